The number of amides is 1. The lowest BCUT2D eigenvalue weighted by atomic mass is 10.3. The predicted octanol–water partition coefficient (Wildman–Crippen LogP) is 0.655. The summed E-state index contributed by atoms with van der Waals surface area (Å²) in [5.41, 5.74) is 6.82. The molecule has 0 saturated heterocycles. The van der Waals surface area contributed by atoms with Crippen LogP contribution < -0.4 is 11.1 Å². The zero-order chi connectivity index (χ0) is 14.0. The Balaban J connectivity index is 2.16. The van der Waals surface area contributed by atoms with E-state index in [0.717, 1.165) is 0 Å². The van der Waals surface area contributed by atoms with Gasteiger partial charge in [0, 0.05) is 12.2 Å². The highest BCUT2D eigenvalue weighted by Gasteiger charge is 2.19. The Bertz CT molecular complexity index is 558. The Morgan fingerprint density at radius 2 is 2.21 bits per heavy atom. The molecule has 0 aliphatic carbocycles. The Hall–Kier alpha value is -2.38. The molecule has 0 aliphatic rings. The number of nitrogens with one attached hydrogen (secondary N) is 2. The molecule has 102 valence electrons. The maximum Gasteiger partial charge on any atom is 0.268 e. The van der Waals surface area contributed by atoms with Gasteiger partial charge in [-0.05, 0) is 26.8 Å². The first-order valence-corrected chi connectivity index (χ1v) is 6.00. The van der Waals surface area contributed by atoms with Crippen molar-refractivity contribution >= 4 is 11.6 Å². The molecular formula is C11H17N7O. The molecule has 1 unspecified atom stereocenters. The molecule has 1 amide bonds. The van der Waals surface area contributed by atoms with Gasteiger partial charge in [-0.1, -0.05) is 5.21 Å². The second-order valence-corrected chi connectivity index (χ2v) is 4.62. The fourth-order valence-electron chi connectivity index (χ4n) is 1.80. The van der Waals surface area contributed by atoms with Gasteiger partial charge in [0.05, 0.1) is 11.7 Å². The minimum atomic E-state index is -0.331. The van der Waals surface area contributed by atoms with Crippen LogP contribution in [0, 0.1) is 0 Å². The van der Waals surface area contributed by atoms with Gasteiger partial charge < -0.3 is 15.6 Å². The molecule has 19 heavy (non-hydrogen) atoms. The third kappa shape index (κ3) is 2.72. The number of carbonyl (C=O) groups excluding carboxylic acids is 1. The number of nitrogen functional groups attached to an aromatic ring is 1. The highest BCUT2D eigenvalue weighted by Crippen LogP contribution is 2.17. The topological polar surface area (TPSA) is 115 Å². The molecule has 1 atom stereocenters. The van der Waals surface area contributed by atoms with Gasteiger partial charge in [-0.25, -0.2) is 0 Å². The van der Waals surface area contributed by atoms with Crippen LogP contribution in [0.3, 0.4) is 0 Å². The maximum atomic E-state index is 12.2. The molecule has 2 heterocycles. The molecule has 2 rings (SSSR count). The smallest absolute Gasteiger partial charge is 0.268 e. The lowest BCUT2D eigenvalue weighted by molar-refractivity contribution is 0.0927. The molecule has 0 aliphatic heterocycles. The van der Waals surface area contributed by atoms with Gasteiger partial charge in [0.25, 0.3) is 5.91 Å². The molecule has 0 bridgehead atoms. The molecular weight excluding hydrogens is 246 g/mol. The van der Waals surface area contributed by atoms with Crippen molar-refractivity contribution in [2.75, 3.05) is 5.73 Å². The minimum absolute atomic E-state index is 0.151. The second kappa shape index (κ2) is 5.09. The summed E-state index contributed by atoms with van der Waals surface area (Å²) < 4.78 is 1.83. The number of aromatic nitrogens is 5. The molecule has 0 radical (unpaired) electrons. The normalized spacial score (nSPS) is 12.6. The molecule has 4 N–H and O–H groups in total. The van der Waals surface area contributed by atoms with Crippen LogP contribution in [0.25, 0.3) is 0 Å². The van der Waals surface area contributed by atoms with Gasteiger partial charge in [0.2, 0.25) is 0 Å². The van der Waals surface area contributed by atoms with E-state index < -0.39 is 0 Å². The number of anilines is 1. The van der Waals surface area contributed by atoms with Gasteiger partial charge in [-0.15, -0.1) is 10.2 Å². The summed E-state index contributed by atoms with van der Waals surface area (Å²) in [6.45, 7) is 5.76. The van der Waals surface area contributed by atoms with Crippen LogP contribution in [-0.2, 0) is 0 Å². The minimum Gasteiger partial charge on any atom is -0.397 e. The molecule has 0 spiro atoms. The van der Waals surface area contributed by atoms with E-state index in [4.69, 9.17) is 5.73 Å². The number of aromatic amines is 1. The average molecular weight is 263 g/mol. The second-order valence-electron chi connectivity index (χ2n) is 4.62. The zero-order valence-corrected chi connectivity index (χ0v) is 11.1. The third-order valence-electron chi connectivity index (χ3n) is 2.76. The Morgan fingerprint density at radius 1 is 1.47 bits per heavy atom. The van der Waals surface area contributed by atoms with Crippen molar-refractivity contribution in [1.82, 2.24) is 30.5 Å². The fourth-order valence-corrected chi connectivity index (χ4v) is 1.80. The van der Waals surface area contributed by atoms with Crippen LogP contribution in [0.15, 0.2) is 12.3 Å². The Labute approximate surface area is 110 Å². The van der Waals surface area contributed by atoms with Gasteiger partial charge in [0.15, 0.2) is 5.82 Å². The summed E-state index contributed by atoms with van der Waals surface area (Å²) in [5.74, 6) is 0.215. The number of H-pyrrole nitrogens is 1. The van der Waals surface area contributed by atoms with Crippen molar-refractivity contribution in [3.8, 4) is 0 Å². The standard InChI is InChI=1S/C11H17N7O/c1-6(2)18-5-8(12)4-9(18)11(19)13-7(3)10-14-16-17-15-10/h4-7H,12H2,1-3H3,(H,13,19)(H,14,15,16,17). The highest BCUT2D eigenvalue weighted by atomic mass is 16.2. The van der Waals surface area contributed by atoms with Crippen LogP contribution in [-0.4, -0.2) is 31.1 Å². The van der Waals surface area contributed by atoms with Crippen molar-refractivity contribution in [2.45, 2.75) is 32.9 Å². The zero-order valence-electron chi connectivity index (χ0n) is 11.1. The van der Waals surface area contributed by atoms with Gasteiger partial charge in [-0.3, -0.25) is 4.79 Å². The third-order valence-corrected chi connectivity index (χ3v) is 2.76. The van der Waals surface area contributed by atoms with E-state index in [1.807, 2.05) is 18.4 Å². The first-order chi connectivity index (χ1) is 8.99. The van der Waals surface area contributed by atoms with Crippen LogP contribution >= 0.6 is 0 Å². The van der Waals surface area contributed by atoms with Crippen molar-refractivity contribution < 1.29 is 4.79 Å². The van der Waals surface area contributed by atoms with Gasteiger partial charge >= 0.3 is 0 Å². The summed E-state index contributed by atoms with van der Waals surface area (Å²) in [7, 11) is 0. The first-order valence-electron chi connectivity index (χ1n) is 6.00. The predicted molar refractivity (Wildman–Crippen MR) is 69.3 cm³/mol. The van der Waals surface area contributed by atoms with Crippen LogP contribution in [0.1, 0.15) is 49.2 Å². The SMILES string of the molecule is CC(NC(=O)c1cc(N)cn1C(C)C)c1nn[nH]n1. The Morgan fingerprint density at radius 3 is 2.79 bits per heavy atom. The maximum absolute atomic E-state index is 12.2. The Kier molecular flexibility index (Phi) is 3.50. The number of hydrogen-bond acceptors (Lipinski definition) is 5. The summed E-state index contributed by atoms with van der Waals surface area (Å²) in [4.78, 5) is 12.2. The van der Waals surface area contributed by atoms with Crippen LogP contribution in [0.4, 0.5) is 5.69 Å². The van der Waals surface area contributed by atoms with E-state index in [1.165, 1.54) is 0 Å². The summed E-state index contributed by atoms with van der Waals surface area (Å²) in [6.07, 6.45) is 1.75. The summed E-state index contributed by atoms with van der Waals surface area (Å²) in [5, 5.41) is 16.3. The van der Waals surface area contributed by atoms with E-state index in [1.54, 1.807) is 19.2 Å². The monoisotopic (exact) mass is 263 g/mol. The van der Waals surface area contributed by atoms with E-state index in [-0.39, 0.29) is 18.0 Å². The molecule has 8 nitrogen and oxygen atoms in total. The summed E-state index contributed by atoms with van der Waals surface area (Å²) in [6, 6.07) is 1.47. The molecule has 0 saturated carbocycles. The van der Waals surface area contributed by atoms with Gasteiger partial charge in [-0.2, -0.15) is 5.21 Å². The molecule has 0 aromatic carbocycles. The van der Waals surface area contributed by atoms with E-state index in [2.05, 4.69) is 25.9 Å². The number of nitrogens with zero attached hydrogens (tertiary/aromatic N) is 4. The van der Waals surface area contributed by atoms with Gasteiger partial charge in [0.1, 0.15) is 5.69 Å². The quantitative estimate of drug-likeness (QED) is 0.749. The lowest BCUT2D eigenvalue weighted by Gasteiger charge is -2.14. The van der Waals surface area contributed by atoms with E-state index in [9.17, 15) is 4.79 Å². The molecule has 2 aromatic heterocycles. The largest absolute Gasteiger partial charge is 0.397 e. The van der Waals surface area contributed by atoms with Crippen molar-refractivity contribution in [3.05, 3.63) is 23.8 Å². The number of nitrogens with two attached hydrogens (primary N) is 1. The fraction of sp³-hybridized carbons (Fsp3) is 0.455. The summed E-state index contributed by atoms with van der Waals surface area (Å²) >= 11 is 0. The number of hydrogen-bond donors (Lipinski definition) is 3. The average Bonchev–Trinajstić information content (AvgIpc) is 2.96. The van der Waals surface area contributed by atoms with Crippen molar-refractivity contribution in [2.24, 2.45) is 0 Å². The number of rotatable bonds is 4. The van der Waals surface area contributed by atoms with E-state index >= 15 is 0 Å². The highest BCUT2D eigenvalue weighted by molar-refractivity contribution is 5.94. The molecule has 8 heteroatoms. The van der Waals surface area contributed by atoms with Crippen LogP contribution in [0.5, 0.6) is 0 Å². The van der Waals surface area contributed by atoms with Crippen LogP contribution in [0.2, 0.25) is 0 Å². The number of carbonyl (C=O) groups is 1. The lowest BCUT2D eigenvalue weighted by Crippen LogP contribution is -2.29. The number of tetrazole rings is 1. The molecule has 2 aromatic rings. The van der Waals surface area contributed by atoms with Crippen molar-refractivity contribution in [1.29, 1.82) is 0 Å². The van der Waals surface area contributed by atoms with E-state index in [0.29, 0.717) is 17.2 Å². The van der Waals surface area contributed by atoms with Crippen molar-refractivity contribution in [3.63, 3.8) is 0 Å². The molecule has 0 fully saturated rings. The first kappa shape index (κ1) is 13.1.